The first kappa shape index (κ1) is 36.0. The van der Waals surface area contributed by atoms with Crippen LogP contribution in [-0.2, 0) is 0 Å². The van der Waals surface area contributed by atoms with Gasteiger partial charge in [-0.05, 0) is 89.8 Å². The standard InChI is InChI=1S/C59H38N4O/c1-3-17-39(18-4-1)45-24-9-12-29-52(45)62(56-32-16-28-51-58(56)64-59(60-51)41-20-5-2-6-21-41)44-34-36-55-50(38-44)49-35-33-40-19-7-8-25-46(40)57(49)63(55)43-23-15-22-42(37-43)61-53-30-13-10-26-47(53)48-27-11-14-31-54(48)61/h1-38H. The summed E-state index contributed by atoms with van der Waals surface area (Å²) in [4.78, 5) is 7.36. The maximum atomic E-state index is 6.76. The van der Waals surface area contributed by atoms with Crippen molar-refractivity contribution in [2.75, 3.05) is 4.90 Å². The summed E-state index contributed by atoms with van der Waals surface area (Å²) in [6.07, 6.45) is 0. The summed E-state index contributed by atoms with van der Waals surface area (Å²) in [5.74, 6) is 0.591. The van der Waals surface area contributed by atoms with Crippen LogP contribution < -0.4 is 4.90 Å². The minimum absolute atomic E-state index is 0.591. The second-order valence-corrected chi connectivity index (χ2v) is 16.3. The molecule has 0 amide bonds. The van der Waals surface area contributed by atoms with Gasteiger partial charge in [0.2, 0.25) is 5.89 Å². The molecule has 3 aromatic heterocycles. The third-order valence-electron chi connectivity index (χ3n) is 12.7. The number of benzene rings is 10. The number of hydrogen-bond acceptors (Lipinski definition) is 3. The van der Waals surface area contributed by atoms with Gasteiger partial charge < -0.3 is 18.5 Å². The first-order chi connectivity index (χ1) is 31.8. The van der Waals surface area contributed by atoms with E-state index >= 15 is 0 Å². The zero-order valence-electron chi connectivity index (χ0n) is 34.6. The molecular weight excluding hydrogens is 781 g/mol. The summed E-state index contributed by atoms with van der Waals surface area (Å²) in [7, 11) is 0. The van der Waals surface area contributed by atoms with Gasteiger partial charge in [-0.3, -0.25) is 0 Å². The van der Waals surface area contributed by atoms with Gasteiger partial charge >= 0.3 is 0 Å². The molecule has 5 heteroatoms. The Labute approximate surface area is 368 Å². The molecule has 64 heavy (non-hydrogen) atoms. The Bertz CT molecular complexity index is 3860. The number of anilines is 3. The Hall–Kier alpha value is -8.67. The SMILES string of the molecule is c1ccc(-c2nc3cccc(N(c4ccc5c(c4)c4ccc6ccccc6c4n5-c4cccc(-n5c6ccccc6c6ccccc65)c4)c4ccccc4-c4ccccc4)c3o2)cc1. The molecule has 13 aromatic rings. The van der Waals surface area contributed by atoms with Crippen molar-refractivity contribution in [3.05, 3.63) is 231 Å². The average molecular weight is 819 g/mol. The minimum Gasteiger partial charge on any atom is -0.434 e. The number of nitrogens with zero attached hydrogens (tertiary/aromatic N) is 4. The maximum absolute atomic E-state index is 6.76. The average Bonchev–Trinajstić information content (AvgIpc) is 4.06. The van der Waals surface area contributed by atoms with E-state index in [-0.39, 0.29) is 0 Å². The van der Waals surface area contributed by atoms with Gasteiger partial charge in [0.15, 0.2) is 5.58 Å². The quantitative estimate of drug-likeness (QED) is 0.161. The van der Waals surface area contributed by atoms with Crippen molar-refractivity contribution in [1.29, 1.82) is 0 Å². The summed E-state index contributed by atoms with van der Waals surface area (Å²) in [6, 6.07) is 82.2. The molecule has 13 rings (SSSR count). The van der Waals surface area contributed by atoms with Crippen LogP contribution in [0.1, 0.15) is 0 Å². The van der Waals surface area contributed by atoms with Crippen molar-refractivity contribution in [3.63, 3.8) is 0 Å². The molecule has 0 spiro atoms. The van der Waals surface area contributed by atoms with Gasteiger partial charge in [-0.2, -0.15) is 0 Å². The van der Waals surface area contributed by atoms with Crippen molar-refractivity contribution in [3.8, 4) is 34.0 Å². The van der Waals surface area contributed by atoms with Crippen molar-refractivity contribution in [2.45, 2.75) is 0 Å². The van der Waals surface area contributed by atoms with Gasteiger partial charge in [0, 0.05) is 55.1 Å². The van der Waals surface area contributed by atoms with Crippen LogP contribution in [0.15, 0.2) is 235 Å². The molecule has 300 valence electrons. The first-order valence-corrected chi connectivity index (χ1v) is 21.7. The molecule has 0 N–H and O–H groups in total. The van der Waals surface area contributed by atoms with E-state index in [0.717, 1.165) is 67.1 Å². The van der Waals surface area contributed by atoms with Crippen LogP contribution in [0.5, 0.6) is 0 Å². The van der Waals surface area contributed by atoms with Crippen molar-refractivity contribution >= 4 is 82.5 Å². The lowest BCUT2D eigenvalue weighted by Gasteiger charge is -2.28. The summed E-state index contributed by atoms with van der Waals surface area (Å²) in [5, 5.41) is 7.22. The minimum atomic E-state index is 0.591. The molecule has 0 aliphatic carbocycles. The highest BCUT2D eigenvalue weighted by Gasteiger charge is 2.24. The molecule has 0 unspecified atom stereocenters. The molecule has 0 radical (unpaired) electrons. The lowest BCUT2D eigenvalue weighted by molar-refractivity contribution is 0.620. The second kappa shape index (κ2) is 14.5. The molecule has 3 heterocycles. The summed E-state index contributed by atoms with van der Waals surface area (Å²) in [6.45, 7) is 0. The summed E-state index contributed by atoms with van der Waals surface area (Å²) >= 11 is 0. The van der Waals surface area contributed by atoms with E-state index < -0.39 is 0 Å². The van der Waals surface area contributed by atoms with Crippen LogP contribution in [0.25, 0.3) is 99.4 Å². The number of hydrogen-bond donors (Lipinski definition) is 0. The van der Waals surface area contributed by atoms with Gasteiger partial charge in [-0.15, -0.1) is 0 Å². The monoisotopic (exact) mass is 818 g/mol. The maximum Gasteiger partial charge on any atom is 0.227 e. The van der Waals surface area contributed by atoms with Crippen molar-refractivity contribution in [2.24, 2.45) is 0 Å². The highest BCUT2D eigenvalue weighted by atomic mass is 16.3. The van der Waals surface area contributed by atoms with Crippen molar-refractivity contribution < 1.29 is 4.42 Å². The fourth-order valence-corrected chi connectivity index (χ4v) is 9.90. The third kappa shape index (κ3) is 5.61. The second-order valence-electron chi connectivity index (χ2n) is 16.3. The Balaban J connectivity index is 1.07. The van der Waals surface area contributed by atoms with Gasteiger partial charge in [-0.25, -0.2) is 4.98 Å². The normalized spacial score (nSPS) is 11.8. The van der Waals surface area contributed by atoms with Crippen LogP contribution in [0.2, 0.25) is 0 Å². The zero-order valence-corrected chi connectivity index (χ0v) is 34.6. The van der Waals surface area contributed by atoms with Crippen LogP contribution in [0.4, 0.5) is 17.1 Å². The Morgan fingerprint density at radius 2 is 1.00 bits per heavy atom. The molecule has 5 nitrogen and oxygen atoms in total. The number of para-hydroxylation sites is 4. The molecule has 0 atom stereocenters. The lowest BCUT2D eigenvalue weighted by atomic mass is 10.0. The molecule has 0 aliphatic heterocycles. The van der Waals surface area contributed by atoms with Gasteiger partial charge in [0.05, 0.1) is 33.4 Å². The number of oxazole rings is 1. The van der Waals surface area contributed by atoms with E-state index in [4.69, 9.17) is 9.40 Å². The Morgan fingerprint density at radius 1 is 0.391 bits per heavy atom. The predicted octanol–water partition coefficient (Wildman–Crippen LogP) is 16.0. The molecule has 0 saturated heterocycles. The molecular formula is C59H38N4O. The van der Waals surface area contributed by atoms with E-state index in [1.54, 1.807) is 0 Å². The van der Waals surface area contributed by atoms with Gasteiger partial charge in [-0.1, -0.05) is 152 Å². The van der Waals surface area contributed by atoms with Crippen molar-refractivity contribution in [1.82, 2.24) is 14.1 Å². The lowest BCUT2D eigenvalue weighted by Crippen LogP contribution is -2.11. The number of rotatable bonds is 7. The van der Waals surface area contributed by atoms with Crippen LogP contribution in [-0.4, -0.2) is 14.1 Å². The van der Waals surface area contributed by atoms with E-state index in [1.165, 1.54) is 43.5 Å². The summed E-state index contributed by atoms with van der Waals surface area (Å²) in [5.41, 5.74) is 14.5. The molecule has 0 aliphatic rings. The molecule has 0 fully saturated rings. The largest absolute Gasteiger partial charge is 0.434 e. The van der Waals surface area contributed by atoms with E-state index in [2.05, 4.69) is 208 Å². The Morgan fingerprint density at radius 3 is 1.78 bits per heavy atom. The molecule has 0 saturated carbocycles. The van der Waals surface area contributed by atoms with E-state index in [9.17, 15) is 0 Å². The molecule has 0 bridgehead atoms. The van der Waals surface area contributed by atoms with Gasteiger partial charge in [0.1, 0.15) is 5.52 Å². The smallest absolute Gasteiger partial charge is 0.227 e. The summed E-state index contributed by atoms with van der Waals surface area (Å²) < 4.78 is 11.6. The zero-order chi connectivity index (χ0) is 42.1. The topological polar surface area (TPSA) is 39.1 Å². The predicted molar refractivity (Wildman–Crippen MR) is 266 cm³/mol. The van der Waals surface area contributed by atoms with E-state index in [1.807, 2.05) is 36.4 Å². The van der Waals surface area contributed by atoms with Gasteiger partial charge in [0.25, 0.3) is 0 Å². The highest BCUT2D eigenvalue weighted by molar-refractivity contribution is 6.19. The first-order valence-electron chi connectivity index (χ1n) is 21.7. The highest BCUT2D eigenvalue weighted by Crippen LogP contribution is 2.47. The number of fused-ring (bicyclic) bond motifs is 9. The van der Waals surface area contributed by atoms with Crippen LogP contribution >= 0.6 is 0 Å². The van der Waals surface area contributed by atoms with Crippen LogP contribution in [0.3, 0.4) is 0 Å². The molecule has 10 aromatic carbocycles. The Kier molecular flexibility index (Phi) is 8.15. The van der Waals surface area contributed by atoms with E-state index in [0.29, 0.717) is 5.89 Å². The third-order valence-corrected chi connectivity index (χ3v) is 12.7. The number of aromatic nitrogens is 3. The fourth-order valence-electron chi connectivity index (χ4n) is 9.90. The van der Waals surface area contributed by atoms with Crippen LogP contribution in [0, 0.1) is 0 Å². The fraction of sp³-hybridized carbons (Fsp3) is 0.